The molecule has 0 saturated carbocycles. The number of hydrogen-bond acceptors (Lipinski definition) is 4. The van der Waals surface area contributed by atoms with Crippen LogP contribution in [-0.2, 0) is 14.6 Å². The molecule has 0 aromatic carbocycles. The maximum absolute atomic E-state index is 12.1. The lowest BCUT2D eigenvalue weighted by atomic mass is 9.96. The largest absolute Gasteiger partial charge is 0.343 e. The Labute approximate surface area is 110 Å². The molecule has 1 rings (SSSR count). The fraction of sp³-hybridized carbons (Fsp3) is 0.917. The molecular weight excluding hydrogens is 252 g/mol. The van der Waals surface area contributed by atoms with E-state index in [1.165, 1.54) is 6.26 Å². The Morgan fingerprint density at radius 1 is 1.33 bits per heavy atom. The lowest BCUT2D eigenvalue weighted by Crippen LogP contribution is -2.62. The minimum absolute atomic E-state index is 0.0375. The first kappa shape index (κ1) is 15.4. The maximum atomic E-state index is 12.1. The van der Waals surface area contributed by atoms with Crippen LogP contribution in [0.2, 0.25) is 0 Å². The highest BCUT2D eigenvalue weighted by molar-refractivity contribution is 7.90. The molecule has 1 atom stereocenters. The number of carbonyl (C=O) groups excluding carboxylic acids is 1. The van der Waals surface area contributed by atoms with Gasteiger partial charge in [-0.15, -0.1) is 0 Å². The summed E-state index contributed by atoms with van der Waals surface area (Å²) in [5.41, 5.74) is -0.543. The molecule has 1 aliphatic rings. The third-order valence-corrected chi connectivity index (χ3v) is 4.66. The van der Waals surface area contributed by atoms with Gasteiger partial charge >= 0.3 is 0 Å². The molecule has 0 aliphatic carbocycles. The number of piperazine rings is 1. The number of likely N-dealkylation sites (N-methyl/N-ethyl adjacent to an activating group) is 1. The predicted octanol–water partition coefficient (Wildman–Crippen LogP) is 0.220. The van der Waals surface area contributed by atoms with Crippen LogP contribution < -0.4 is 0 Å². The van der Waals surface area contributed by atoms with Crippen molar-refractivity contribution in [3.05, 3.63) is 0 Å². The zero-order valence-electron chi connectivity index (χ0n) is 11.9. The van der Waals surface area contributed by atoms with Crippen LogP contribution in [0.5, 0.6) is 0 Å². The summed E-state index contributed by atoms with van der Waals surface area (Å²) in [7, 11) is -1.15. The van der Waals surface area contributed by atoms with Crippen molar-refractivity contribution in [1.29, 1.82) is 0 Å². The molecule has 0 aromatic heterocycles. The summed E-state index contributed by atoms with van der Waals surface area (Å²) >= 11 is 0. The predicted molar refractivity (Wildman–Crippen MR) is 72.2 cm³/mol. The van der Waals surface area contributed by atoms with Crippen LogP contribution in [0.15, 0.2) is 0 Å². The van der Waals surface area contributed by atoms with Crippen molar-refractivity contribution in [2.75, 3.05) is 38.7 Å². The van der Waals surface area contributed by atoms with Crippen LogP contribution in [0.25, 0.3) is 0 Å². The van der Waals surface area contributed by atoms with E-state index in [0.29, 0.717) is 13.1 Å². The summed E-state index contributed by atoms with van der Waals surface area (Å²) in [4.78, 5) is 15.9. The monoisotopic (exact) mass is 276 g/mol. The Balaban J connectivity index is 2.70. The lowest BCUT2D eigenvalue weighted by Gasteiger charge is -2.45. The van der Waals surface area contributed by atoms with Crippen LogP contribution in [0.1, 0.15) is 20.8 Å². The van der Waals surface area contributed by atoms with Gasteiger partial charge < -0.3 is 4.90 Å². The van der Waals surface area contributed by atoms with Crippen molar-refractivity contribution in [3.8, 4) is 0 Å². The van der Waals surface area contributed by atoms with Crippen molar-refractivity contribution in [1.82, 2.24) is 9.80 Å². The fourth-order valence-corrected chi connectivity index (χ4v) is 3.66. The maximum Gasteiger partial charge on any atom is 0.242 e. The van der Waals surface area contributed by atoms with Gasteiger partial charge in [0.2, 0.25) is 5.91 Å². The van der Waals surface area contributed by atoms with Gasteiger partial charge in [0.25, 0.3) is 0 Å². The Morgan fingerprint density at radius 3 is 2.39 bits per heavy atom. The first-order valence-electron chi connectivity index (χ1n) is 6.22. The number of nitrogens with zero attached hydrogens (tertiary/aromatic N) is 2. The Hall–Kier alpha value is -0.620. The first-order chi connectivity index (χ1) is 8.04. The molecule has 1 saturated heterocycles. The second kappa shape index (κ2) is 5.17. The minimum Gasteiger partial charge on any atom is -0.343 e. The van der Waals surface area contributed by atoms with Crippen molar-refractivity contribution in [2.24, 2.45) is 5.92 Å². The summed E-state index contributed by atoms with van der Waals surface area (Å²) in [6.45, 7) is 7.85. The standard InChI is InChI=1S/C12H24N2O3S/c1-10(9-18(5,16)17)8-14-7-6-13(4)11(15)12(14,2)3/h10H,6-9H2,1-5H3. The lowest BCUT2D eigenvalue weighted by molar-refractivity contribution is -0.147. The summed E-state index contributed by atoms with van der Waals surface area (Å²) in [5.74, 6) is 0.305. The summed E-state index contributed by atoms with van der Waals surface area (Å²) < 4.78 is 22.5. The van der Waals surface area contributed by atoms with Gasteiger partial charge in [0.1, 0.15) is 9.84 Å². The highest BCUT2D eigenvalue weighted by atomic mass is 32.2. The molecule has 1 amide bonds. The second-order valence-electron chi connectivity index (χ2n) is 5.93. The summed E-state index contributed by atoms with van der Waals surface area (Å²) in [5, 5.41) is 0. The number of rotatable bonds is 4. The van der Waals surface area contributed by atoms with Gasteiger partial charge in [-0.1, -0.05) is 6.92 Å². The van der Waals surface area contributed by atoms with Crippen molar-refractivity contribution < 1.29 is 13.2 Å². The molecule has 1 aliphatic heterocycles. The first-order valence-corrected chi connectivity index (χ1v) is 8.28. The fourth-order valence-electron chi connectivity index (χ4n) is 2.52. The molecule has 0 bridgehead atoms. The average molecular weight is 276 g/mol. The molecule has 0 radical (unpaired) electrons. The van der Waals surface area contributed by atoms with Gasteiger partial charge in [0.05, 0.1) is 11.3 Å². The SMILES string of the molecule is CC(CN1CCN(C)C(=O)C1(C)C)CS(C)(=O)=O. The van der Waals surface area contributed by atoms with E-state index < -0.39 is 15.4 Å². The third kappa shape index (κ3) is 3.68. The topological polar surface area (TPSA) is 57.7 Å². The molecule has 0 spiro atoms. The van der Waals surface area contributed by atoms with Gasteiger partial charge in [0.15, 0.2) is 0 Å². The van der Waals surface area contributed by atoms with E-state index in [1.807, 2.05) is 20.8 Å². The van der Waals surface area contributed by atoms with E-state index in [0.717, 1.165) is 6.54 Å². The second-order valence-corrected chi connectivity index (χ2v) is 8.11. The van der Waals surface area contributed by atoms with Crippen LogP contribution in [-0.4, -0.2) is 68.4 Å². The molecule has 5 nitrogen and oxygen atoms in total. The number of carbonyl (C=O) groups is 1. The van der Waals surface area contributed by atoms with E-state index in [-0.39, 0.29) is 17.6 Å². The van der Waals surface area contributed by atoms with Crippen LogP contribution >= 0.6 is 0 Å². The summed E-state index contributed by atoms with van der Waals surface area (Å²) in [6.07, 6.45) is 1.25. The third-order valence-electron chi connectivity index (χ3n) is 3.49. The van der Waals surface area contributed by atoms with Crippen molar-refractivity contribution >= 4 is 15.7 Å². The molecule has 0 N–H and O–H groups in total. The quantitative estimate of drug-likeness (QED) is 0.737. The minimum atomic E-state index is -2.96. The Kier molecular flexibility index (Phi) is 4.43. The van der Waals surface area contributed by atoms with Gasteiger partial charge in [-0.2, -0.15) is 0 Å². The number of amides is 1. The Bertz CT molecular complexity index is 417. The molecule has 1 unspecified atom stereocenters. The molecule has 1 fully saturated rings. The highest BCUT2D eigenvalue weighted by Crippen LogP contribution is 2.23. The molecular formula is C12H24N2O3S. The van der Waals surface area contributed by atoms with Gasteiger partial charge in [-0.25, -0.2) is 8.42 Å². The van der Waals surface area contributed by atoms with Crippen LogP contribution in [0, 0.1) is 5.92 Å². The number of sulfone groups is 1. The molecule has 106 valence electrons. The highest BCUT2D eigenvalue weighted by Gasteiger charge is 2.40. The van der Waals surface area contributed by atoms with Gasteiger partial charge in [-0.05, 0) is 19.8 Å². The molecule has 6 heteroatoms. The van der Waals surface area contributed by atoms with Crippen LogP contribution in [0.3, 0.4) is 0 Å². The van der Waals surface area contributed by atoms with E-state index in [1.54, 1.807) is 11.9 Å². The zero-order valence-corrected chi connectivity index (χ0v) is 12.7. The average Bonchev–Trinajstić information content (AvgIpc) is 2.17. The molecule has 18 heavy (non-hydrogen) atoms. The van der Waals surface area contributed by atoms with E-state index in [2.05, 4.69) is 4.90 Å². The van der Waals surface area contributed by atoms with Crippen molar-refractivity contribution in [2.45, 2.75) is 26.3 Å². The van der Waals surface area contributed by atoms with E-state index in [4.69, 9.17) is 0 Å². The normalized spacial score (nSPS) is 23.2. The Morgan fingerprint density at radius 2 is 1.89 bits per heavy atom. The zero-order chi connectivity index (χ0) is 14.1. The smallest absolute Gasteiger partial charge is 0.242 e. The van der Waals surface area contributed by atoms with E-state index >= 15 is 0 Å². The van der Waals surface area contributed by atoms with E-state index in [9.17, 15) is 13.2 Å². The molecule has 0 aromatic rings. The van der Waals surface area contributed by atoms with Gasteiger partial charge in [-0.3, -0.25) is 9.69 Å². The van der Waals surface area contributed by atoms with Crippen LogP contribution in [0.4, 0.5) is 0 Å². The molecule has 1 heterocycles. The van der Waals surface area contributed by atoms with Crippen molar-refractivity contribution in [3.63, 3.8) is 0 Å². The number of hydrogen-bond donors (Lipinski definition) is 0. The summed E-state index contributed by atoms with van der Waals surface area (Å²) in [6, 6.07) is 0. The van der Waals surface area contributed by atoms with Gasteiger partial charge in [0, 0.05) is 32.9 Å².